The van der Waals surface area contributed by atoms with Crippen LogP contribution in [0.25, 0.3) is 11.4 Å². The molecule has 4 nitrogen and oxygen atoms in total. The SMILES string of the molecule is c1cc(-c2cc(C3CC3)on2)[nH]n1. The summed E-state index contributed by atoms with van der Waals surface area (Å²) in [5.74, 6) is 1.62. The van der Waals surface area contributed by atoms with Crippen molar-refractivity contribution in [1.29, 1.82) is 0 Å². The van der Waals surface area contributed by atoms with E-state index in [1.54, 1.807) is 6.20 Å². The lowest BCUT2D eigenvalue weighted by molar-refractivity contribution is 0.386. The number of aromatic nitrogens is 3. The van der Waals surface area contributed by atoms with Crippen molar-refractivity contribution < 1.29 is 4.52 Å². The highest BCUT2D eigenvalue weighted by Gasteiger charge is 2.28. The number of rotatable bonds is 2. The van der Waals surface area contributed by atoms with Crippen molar-refractivity contribution in [1.82, 2.24) is 15.4 Å². The average Bonchev–Trinajstić information content (AvgIpc) is 2.72. The van der Waals surface area contributed by atoms with Gasteiger partial charge in [-0.05, 0) is 18.9 Å². The monoisotopic (exact) mass is 175 g/mol. The molecule has 0 amide bonds. The summed E-state index contributed by atoms with van der Waals surface area (Å²) >= 11 is 0. The van der Waals surface area contributed by atoms with Crippen molar-refractivity contribution in [3.63, 3.8) is 0 Å². The normalized spacial score (nSPS) is 16.3. The van der Waals surface area contributed by atoms with Gasteiger partial charge < -0.3 is 4.52 Å². The van der Waals surface area contributed by atoms with E-state index in [0.717, 1.165) is 17.1 Å². The topological polar surface area (TPSA) is 54.7 Å². The van der Waals surface area contributed by atoms with E-state index < -0.39 is 0 Å². The number of aromatic amines is 1. The molecule has 0 spiro atoms. The van der Waals surface area contributed by atoms with Crippen LogP contribution in [0.2, 0.25) is 0 Å². The van der Waals surface area contributed by atoms with Crippen molar-refractivity contribution in [2.45, 2.75) is 18.8 Å². The van der Waals surface area contributed by atoms with Crippen LogP contribution in [0.15, 0.2) is 22.9 Å². The first-order valence-electron chi connectivity index (χ1n) is 4.40. The third-order valence-corrected chi connectivity index (χ3v) is 2.28. The molecule has 3 rings (SSSR count). The van der Waals surface area contributed by atoms with E-state index in [9.17, 15) is 0 Å². The minimum atomic E-state index is 0.615. The molecule has 66 valence electrons. The van der Waals surface area contributed by atoms with E-state index in [0.29, 0.717) is 5.92 Å². The van der Waals surface area contributed by atoms with Gasteiger partial charge in [0.05, 0.1) is 5.69 Å². The van der Waals surface area contributed by atoms with E-state index >= 15 is 0 Å². The predicted molar refractivity (Wildman–Crippen MR) is 46.1 cm³/mol. The number of hydrogen-bond donors (Lipinski definition) is 1. The zero-order valence-electron chi connectivity index (χ0n) is 7.03. The Morgan fingerprint density at radius 1 is 1.46 bits per heavy atom. The van der Waals surface area contributed by atoms with Crippen LogP contribution in [0, 0.1) is 0 Å². The first kappa shape index (κ1) is 6.88. The molecule has 1 aliphatic rings. The van der Waals surface area contributed by atoms with Gasteiger partial charge in [0.25, 0.3) is 0 Å². The zero-order chi connectivity index (χ0) is 8.67. The molecule has 13 heavy (non-hydrogen) atoms. The largest absolute Gasteiger partial charge is 0.360 e. The van der Waals surface area contributed by atoms with E-state index in [1.165, 1.54) is 12.8 Å². The fraction of sp³-hybridized carbons (Fsp3) is 0.333. The van der Waals surface area contributed by atoms with Gasteiger partial charge in [-0.25, -0.2) is 0 Å². The highest BCUT2D eigenvalue weighted by molar-refractivity contribution is 5.53. The fourth-order valence-corrected chi connectivity index (χ4v) is 1.38. The highest BCUT2D eigenvalue weighted by atomic mass is 16.5. The smallest absolute Gasteiger partial charge is 0.140 e. The second-order valence-corrected chi connectivity index (χ2v) is 3.36. The van der Waals surface area contributed by atoms with Gasteiger partial charge >= 0.3 is 0 Å². The maximum Gasteiger partial charge on any atom is 0.140 e. The van der Waals surface area contributed by atoms with Gasteiger partial charge in [0.2, 0.25) is 0 Å². The summed E-state index contributed by atoms with van der Waals surface area (Å²) in [5, 5.41) is 10.7. The molecule has 0 aliphatic heterocycles. The summed E-state index contributed by atoms with van der Waals surface area (Å²) in [6.45, 7) is 0. The van der Waals surface area contributed by atoms with Crippen molar-refractivity contribution in [3.05, 3.63) is 24.1 Å². The zero-order valence-corrected chi connectivity index (χ0v) is 7.03. The molecular weight excluding hydrogens is 166 g/mol. The molecule has 0 aromatic carbocycles. The molecule has 2 heterocycles. The Bertz CT molecular complexity index is 400. The standard InChI is InChI=1S/C9H9N3O/c1-2-6(1)9-5-8(12-13-9)7-3-4-10-11-7/h3-6H,1-2H2,(H,10,11). The Morgan fingerprint density at radius 3 is 3.08 bits per heavy atom. The van der Waals surface area contributed by atoms with Crippen LogP contribution in [-0.2, 0) is 0 Å². The average molecular weight is 175 g/mol. The second kappa shape index (κ2) is 2.45. The van der Waals surface area contributed by atoms with Crippen molar-refractivity contribution in [2.75, 3.05) is 0 Å². The molecule has 0 saturated heterocycles. The lowest BCUT2D eigenvalue weighted by Gasteiger charge is -1.83. The summed E-state index contributed by atoms with van der Waals surface area (Å²) < 4.78 is 5.21. The van der Waals surface area contributed by atoms with Gasteiger partial charge in [0, 0.05) is 18.2 Å². The van der Waals surface area contributed by atoms with Crippen LogP contribution in [0.4, 0.5) is 0 Å². The molecule has 1 saturated carbocycles. The van der Waals surface area contributed by atoms with Crippen LogP contribution < -0.4 is 0 Å². The molecule has 0 radical (unpaired) electrons. The summed E-state index contributed by atoms with van der Waals surface area (Å²) in [6, 6.07) is 3.87. The molecule has 0 unspecified atom stereocenters. The minimum absolute atomic E-state index is 0.615. The number of hydrogen-bond acceptors (Lipinski definition) is 3. The number of H-pyrrole nitrogens is 1. The first-order chi connectivity index (χ1) is 6.43. The maximum atomic E-state index is 5.21. The third-order valence-electron chi connectivity index (χ3n) is 2.28. The summed E-state index contributed by atoms with van der Waals surface area (Å²) in [5.41, 5.74) is 1.76. The quantitative estimate of drug-likeness (QED) is 0.758. The molecule has 1 N–H and O–H groups in total. The molecule has 1 aliphatic carbocycles. The van der Waals surface area contributed by atoms with Crippen LogP contribution in [0.1, 0.15) is 24.5 Å². The van der Waals surface area contributed by atoms with E-state index in [-0.39, 0.29) is 0 Å². The summed E-state index contributed by atoms with van der Waals surface area (Å²) in [4.78, 5) is 0. The number of nitrogens with one attached hydrogen (secondary N) is 1. The molecule has 4 heteroatoms. The van der Waals surface area contributed by atoms with Gasteiger partial charge in [-0.2, -0.15) is 5.10 Å². The van der Waals surface area contributed by atoms with E-state index in [2.05, 4.69) is 15.4 Å². The van der Waals surface area contributed by atoms with Crippen molar-refractivity contribution in [3.8, 4) is 11.4 Å². The van der Waals surface area contributed by atoms with Gasteiger partial charge in [-0.1, -0.05) is 5.16 Å². The third kappa shape index (κ3) is 1.14. The minimum Gasteiger partial charge on any atom is -0.360 e. The predicted octanol–water partition coefficient (Wildman–Crippen LogP) is 1.94. The van der Waals surface area contributed by atoms with Crippen LogP contribution in [0.3, 0.4) is 0 Å². The van der Waals surface area contributed by atoms with Crippen LogP contribution in [-0.4, -0.2) is 15.4 Å². The Kier molecular flexibility index (Phi) is 1.30. The highest BCUT2D eigenvalue weighted by Crippen LogP contribution is 2.40. The molecule has 2 aromatic rings. The molecule has 2 aromatic heterocycles. The van der Waals surface area contributed by atoms with E-state index in [1.807, 2.05) is 12.1 Å². The fourth-order valence-electron chi connectivity index (χ4n) is 1.38. The Morgan fingerprint density at radius 2 is 2.38 bits per heavy atom. The first-order valence-corrected chi connectivity index (χ1v) is 4.40. The van der Waals surface area contributed by atoms with E-state index in [4.69, 9.17) is 4.52 Å². The molecule has 1 fully saturated rings. The molecule has 0 bridgehead atoms. The van der Waals surface area contributed by atoms with Crippen LogP contribution >= 0.6 is 0 Å². The lowest BCUT2D eigenvalue weighted by Crippen LogP contribution is -1.75. The van der Waals surface area contributed by atoms with Crippen molar-refractivity contribution >= 4 is 0 Å². The van der Waals surface area contributed by atoms with Gasteiger partial charge in [-0.3, -0.25) is 5.10 Å². The Balaban J connectivity index is 1.97. The van der Waals surface area contributed by atoms with Gasteiger partial charge in [-0.15, -0.1) is 0 Å². The molecular formula is C9H9N3O. The Hall–Kier alpha value is -1.58. The maximum absolute atomic E-state index is 5.21. The number of nitrogens with zero attached hydrogens (tertiary/aromatic N) is 2. The molecule has 0 atom stereocenters. The Labute approximate surface area is 74.9 Å². The second-order valence-electron chi connectivity index (χ2n) is 3.36. The lowest BCUT2D eigenvalue weighted by atomic mass is 10.2. The summed E-state index contributed by atoms with van der Waals surface area (Å²) in [6.07, 6.45) is 4.18. The van der Waals surface area contributed by atoms with Gasteiger partial charge in [0.1, 0.15) is 11.5 Å². The van der Waals surface area contributed by atoms with Crippen LogP contribution in [0.5, 0.6) is 0 Å². The summed E-state index contributed by atoms with van der Waals surface area (Å²) in [7, 11) is 0. The van der Waals surface area contributed by atoms with Gasteiger partial charge in [0.15, 0.2) is 0 Å². The van der Waals surface area contributed by atoms with Crippen molar-refractivity contribution in [2.24, 2.45) is 0 Å².